The largest absolute Gasteiger partial charge is 0.229 e. The van der Waals surface area contributed by atoms with Crippen LogP contribution in [-0.2, 0) is 12.8 Å². The van der Waals surface area contributed by atoms with Gasteiger partial charge in [0.15, 0.2) is 5.66 Å². The van der Waals surface area contributed by atoms with Crippen LogP contribution in [0.3, 0.4) is 0 Å². The molecule has 0 atom stereocenters. The molecule has 1 aliphatic heterocycles. The van der Waals surface area contributed by atoms with E-state index in [0.29, 0.717) is 0 Å². The fourth-order valence-corrected chi connectivity index (χ4v) is 5.55. The van der Waals surface area contributed by atoms with Gasteiger partial charge in [0.1, 0.15) is 16.2 Å². The predicted octanol–water partition coefficient (Wildman–Crippen LogP) is 4.63. The van der Waals surface area contributed by atoms with Gasteiger partial charge in [-0.15, -0.1) is 35.4 Å². The van der Waals surface area contributed by atoms with Crippen LogP contribution in [-0.4, -0.2) is 21.4 Å². The summed E-state index contributed by atoms with van der Waals surface area (Å²) in [6.45, 7) is 0. The number of aryl methyl sites for hydroxylation is 2. The lowest BCUT2D eigenvalue weighted by Gasteiger charge is -2.12. The maximum atomic E-state index is 5.34. The van der Waals surface area contributed by atoms with Crippen molar-refractivity contribution in [2.24, 2.45) is 10.2 Å². The van der Waals surface area contributed by atoms with Gasteiger partial charge in [-0.25, -0.2) is 9.97 Å². The second-order valence-corrected chi connectivity index (χ2v) is 8.22. The van der Waals surface area contributed by atoms with Crippen molar-refractivity contribution in [3.63, 3.8) is 0 Å². The Balaban J connectivity index is 1.49. The molecule has 3 heterocycles. The van der Waals surface area contributed by atoms with Gasteiger partial charge >= 0.3 is 0 Å². The Morgan fingerprint density at radius 2 is 2.09 bits per heavy atom. The Hall–Kier alpha value is -1.45. The molecule has 0 aromatic carbocycles. The molecule has 0 amide bonds. The monoisotopic (exact) mass is 342 g/mol. The van der Waals surface area contributed by atoms with Crippen molar-refractivity contribution in [2.45, 2.75) is 55.6 Å². The third-order valence-corrected chi connectivity index (χ3v) is 6.70. The molecule has 2 aromatic heterocycles. The van der Waals surface area contributed by atoms with Gasteiger partial charge < -0.3 is 0 Å². The lowest BCUT2D eigenvalue weighted by molar-refractivity contribution is 0.544. The Bertz CT molecular complexity index is 797. The number of terminal acetylenes is 1. The van der Waals surface area contributed by atoms with Crippen LogP contribution in [0, 0.1) is 12.3 Å². The van der Waals surface area contributed by atoms with Crippen LogP contribution in [0.4, 0.5) is 0 Å². The molecule has 0 unspecified atom stereocenters. The smallest absolute Gasteiger partial charge is 0.192 e. The third kappa shape index (κ3) is 3.00. The van der Waals surface area contributed by atoms with Crippen molar-refractivity contribution in [1.29, 1.82) is 0 Å². The van der Waals surface area contributed by atoms with Gasteiger partial charge in [-0.05, 0) is 31.2 Å². The number of hydrogen-bond acceptors (Lipinski definition) is 6. The number of aromatic nitrogens is 2. The Labute approximate surface area is 144 Å². The molecular weight excluding hydrogens is 324 g/mol. The van der Waals surface area contributed by atoms with Gasteiger partial charge in [0.25, 0.3) is 0 Å². The minimum atomic E-state index is -0.195. The molecule has 0 fully saturated rings. The van der Waals surface area contributed by atoms with E-state index in [4.69, 9.17) is 6.42 Å². The molecule has 0 saturated heterocycles. The van der Waals surface area contributed by atoms with Crippen LogP contribution in [0.25, 0.3) is 10.2 Å². The number of thioether (sulfide) groups is 1. The third-order valence-electron chi connectivity index (χ3n) is 4.51. The van der Waals surface area contributed by atoms with Crippen molar-refractivity contribution in [3.8, 4) is 12.3 Å². The van der Waals surface area contributed by atoms with E-state index in [0.717, 1.165) is 34.9 Å². The fourth-order valence-electron chi connectivity index (χ4n) is 3.15. The zero-order valence-corrected chi connectivity index (χ0v) is 14.5. The van der Waals surface area contributed by atoms with Crippen LogP contribution in [0.5, 0.6) is 0 Å². The van der Waals surface area contributed by atoms with Crippen LogP contribution < -0.4 is 0 Å². The predicted molar refractivity (Wildman–Crippen MR) is 95.1 cm³/mol. The molecule has 0 spiro atoms. The average molecular weight is 342 g/mol. The molecule has 118 valence electrons. The number of rotatable bonds is 6. The highest BCUT2D eigenvalue weighted by atomic mass is 32.2. The zero-order valence-electron chi connectivity index (χ0n) is 12.9. The summed E-state index contributed by atoms with van der Waals surface area (Å²) in [5.41, 5.74) is 1.31. The Kier molecular flexibility index (Phi) is 4.08. The maximum absolute atomic E-state index is 5.34. The normalized spacial score (nSPS) is 17.9. The summed E-state index contributed by atoms with van der Waals surface area (Å²) in [7, 11) is 0. The SMILES string of the molecule is C#CCCC1(CCSc2ncnc3sc4c(c23)CCCC4)N=N1. The molecule has 0 N–H and O–H groups in total. The Morgan fingerprint density at radius 3 is 2.91 bits per heavy atom. The molecule has 1 aliphatic carbocycles. The summed E-state index contributed by atoms with van der Waals surface area (Å²) in [6.07, 6.45) is 14.6. The fraction of sp³-hybridized carbons (Fsp3) is 0.529. The summed E-state index contributed by atoms with van der Waals surface area (Å²) >= 11 is 3.66. The second-order valence-electron chi connectivity index (χ2n) is 6.05. The van der Waals surface area contributed by atoms with Gasteiger partial charge in [-0.1, -0.05) is 0 Å². The first-order chi connectivity index (χ1) is 11.3. The van der Waals surface area contributed by atoms with Gasteiger partial charge in [0.05, 0.1) is 0 Å². The van der Waals surface area contributed by atoms with E-state index in [1.54, 1.807) is 6.33 Å². The summed E-state index contributed by atoms with van der Waals surface area (Å²) in [5.74, 6) is 3.65. The lowest BCUT2D eigenvalue weighted by atomic mass is 9.97. The number of thiophene rings is 1. The lowest BCUT2D eigenvalue weighted by Crippen LogP contribution is -2.11. The van der Waals surface area contributed by atoms with Crippen molar-refractivity contribution >= 4 is 33.3 Å². The molecule has 0 saturated carbocycles. The van der Waals surface area contributed by atoms with Gasteiger partial charge in [-0.3, -0.25) is 0 Å². The van der Waals surface area contributed by atoms with E-state index < -0.39 is 0 Å². The number of nitrogens with zero attached hydrogens (tertiary/aromatic N) is 4. The molecular formula is C17H18N4S2. The summed E-state index contributed by atoms with van der Waals surface area (Å²) in [4.78, 5) is 11.7. The van der Waals surface area contributed by atoms with E-state index >= 15 is 0 Å². The average Bonchev–Trinajstić information content (AvgIpc) is 3.24. The van der Waals surface area contributed by atoms with E-state index in [2.05, 4.69) is 26.1 Å². The van der Waals surface area contributed by atoms with Crippen molar-refractivity contribution in [2.75, 3.05) is 5.75 Å². The summed E-state index contributed by atoms with van der Waals surface area (Å²) in [5, 5.41) is 10.9. The molecule has 2 aliphatic rings. The van der Waals surface area contributed by atoms with Crippen molar-refractivity contribution in [1.82, 2.24) is 9.97 Å². The highest BCUT2D eigenvalue weighted by molar-refractivity contribution is 7.99. The summed E-state index contributed by atoms with van der Waals surface area (Å²) < 4.78 is 0. The standard InChI is InChI=1S/C17H18N4S2/c1-2-3-8-17(20-21-17)9-10-22-15-14-12-6-4-5-7-13(12)23-16(14)19-11-18-15/h1,11H,3-10H2. The van der Waals surface area contributed by atoms with Crippen LogP contribution >= 0.6 is 23.1 Å². The van der Waals surface area contributed by atoms with Crippen molar-refractivity contribution in [3.05, 3.63) is 16.8 Å². The van der Waals surface area contributed by atoms with E-state index in [1.165, 1.54) is 41.5 Å². The highest BCUT2D eigenvalue weighted by Gasteiger charge is 2.38. The first-order valence-corrected chi connectivity index (χ1v) is 9.87. The van der Waals surface area contributed by atoms with Crippen LogP contribution in [0.1, 0.15) is 42.5 Å². The molecule has 2 aromatic rings. The number of fused-ring (bicyclic) bond motifs is 3. The van der Waals surface area contributed by atoms with E-state index in [-0.39, 0.29) is 5.66 Å². The minimum Gasteiger partial charge on any atom is -0.229 e. The van der Waals surface area contributed by atoms with Crippen molar-refractivity contribution < 1.29 is 0 Å². The molecule has 4 nitrogen and oxygen atoms in total. The highest BCUT2D eigenvalue weighted by Crippen LogP contribution is 2.41. The molecule has 0 radical (unpaired) electrons. The zero-order chi connectivity index (χ0) is 15.7. The quantitative estimate of drug-likeness (QED) is 0.437. The van der Waals surface area contributed by atoms with Crippen LogP contribution in [0.15, 0.2) is 21.6 Å². The minimum absolute atomic E-state index is 0.195. The van der Waals surface area contributed by atoms with E-state index in [9.17, 15) is 0 Å². The van der Waals surface area contributed by atoms with E-state index in [1.807, 2.05) is 23.1 Å². The number of hydrogen-bond donors (Lipinski definition) is 0. The Morgan fingerprint density at radius 1 is 1.22 bits per heavy atom. The van der Waals surface area contributed by atoms with Gasteiger partial charge in [0, 0.05) is 35.3 Å². The van der Waals surface area contributed by atoms with Gasteiger partial charge in [-0.2, -0.15) is 10.2 Å². The molecule has 6 heteroatoms. The first-order valence-electron chi connectivity index (χ1n) is 8.07. The maximum Gasteiger partial charge on any atom is 0.192 e. The second kappa shape index (κ2) is 6.21. The first kappa shape index (κ1) is 15.1. The molecule has 0 bridgehead atoms. The van der Waals surface area contributed by atoms with Crippen LogP contribution in [0.2, 0.25) is 0 Å². The summed E-state index contributed by atoms with van der Waals surface area (Å²) in [6, 6.07) is 0. The molecule has 23 heavy (non-hydrogen) atoms. The molecule has 4 rings (SSSR count). The van der Waals surface area contributed by atoms with Gasteiger partial charge in [0.2, 0.25) is 0 Å². The topological polar surface area (TPSA) is 50.5 Å².